The normalized spacial score (nSPS) is 11.1. The van der Waals surface area contributed by atoms with Gasteiger partial charge in [0, 0.05) is 12.8 Å². The molecule has 1 N–H and O–H groups in total. The summed E-state index contributed by atoms with van der Waals surface area (Å²) in [6, 6.07) is 16.1. The standard InChI is InChI=1S/C22H26N4O2S/c1-3-8-21-24-25-22(29)26(21)23-16-18-11-12-19(20(15-18)27-4-2)28-14-13-17-9-6-5-7-10-17/h5-7,9-12,15-16H,3-4,8,13-14H2,1-2H3,(H,25,29)/b23-16+. The van der Waals surface area contributed by atoms with Crippen LogP contribution in [0.3, 0.4) is 0 Å². The Kier molecular flexibility index (Phi) is 7.58. The van der Waals surface area contributed by atoms with E-state index in [9.17, 15) is 0 Å². The van der Waals surface area contributed by atoms with Crippen molar-refractivity contribution in [1.82, 2.24) is 14.9 Å². The summed E-state index contributed by atoms with van der Waals surface area (Å²) in [6.07, 6.45) is 4.37. The smallest absolute Gasteiger partial charge is 0.216 e. The molecule has 3 aromatic rings. The molecule has 0 amide bonds. The van der Waals surface area contributed by atoms with Crippen molar-refractivity contribution in [3.63, 3.8) is 0 Å². The lowest BCUT2D eigenvalue weighted by molar-refractivity contribution is 0.279. The number of nitrogens with one attached hydrogen (secondary N) is 1. The maximum absolute atomic E-state index is 5.96. The van der Waals surface area contributed by atoms with E-state index in [0.717, 1.165) is 36.4 Å². The zero-order valence-electron chi connectivity index (χ0n) is 16.8. The van der Waals surface area contributed by atoms with Crippen LogP contribution < -0.4 is 9.47 Å². The van der Waals surface area contributed by atoms with Gasteiger partial charge < -0.3 is 9.47 Å². The first-order chi connectivity index (χ1) is 14.2. The van der Waals surface area contributed by atoms with Crippen molar-refractivity contribution < 1.29 is 9.47 Å². The maximum atomic E-state index is 5.96. The number of rotatable bonds is 10. The summed E-state index contributed by atoms with van der Waals surface area (Å²) in [6.45, 7) is 5.19. The van der Waals surface area contributed by atoms with E-state index in [-0.39, 0.29) is 0 Å². The molecule has 7 heteroatoms. The quantitative estimate of drug-likeness (QED) is 0.385. The zero-order valence-corrected chi connectivity index (χ0v) is 17.6. The molecule has 0 aliphatic rings. The number of hydrogen-bond acceptors (Lipinski definition) is 5. The van der Waals surface area contributed by atoms with E-state index in [4.69, 9.17) is 21.7 Å². The van der Waals surface area contributed by atoms with Gasteiger partial charge in [-0.15, -0.1) is 0 Å². The van der Waals surface area contributed by atoms with Gasteiger partial charge in [-0.1, -0.05) is 37.3 Å². The lowest BCUT2D eigenvalue weighted by Crippen LogP contribution is -2.04. The summed E-state index contributed by atoms with van der Waals surface area (Å²) in [5.41, 5.74) is 2.14. The first-order valence-corrected chi connectivity index (χ1v) is 10.3. The molecule has 152 valence electrons. The highest BCUT2D eigenvalue weighted by Crippen LogP contribution is 2.28. The van der Waals surface area contributed by atoms with Gasteiger partial charge in [0.2, 0.25) is 4.77 Å². The molecule has 0 aliphatic heterocycles. The Morgan fingerprint density at radius 1 is 1.07 bits per heavy atom. The Labute approximate surface area is 176 Å². The van der Waals surface area contributed by atoms with Crippen LogP contribution in [0.2, 0.25) is 0 Å². The van der Waals surface area contributed by atoms with Crippen molar-refractivity contribution in [1.29, 1.82) is 0 Å². The number of aromatic amines is 1. The third kappa shape index (κ3) is 5.77. The first kappa shape index (κ1) is 20.8. The fourth-order valence-corrected chi connectivity index (χ4v) is 3.07. The van der Waals surface area contributed by atoms with Crippen LogP contribution in [0, 0.1) is 4.77 Å². The Morgan fingerprint density at radius 3 is 2.66 bits per heavy atom. The van der Waals surface area contributed by atoms with Crippen LogP contribution in [0.1, 0.15) is 37.2 Å². The second kappa shape index (κ2) is 10.6. The predicted octanol–water partition coefficient (Wildman–Crippen LogP) is 4.80. The van der Waals surface area contributed by atoms with Gasteiger partial charge in [0.05, 0.1) is 19.4 Å². The van der Waals surface area contributed by atoms with Crippen molar-refractivity contribution in [2.45, 2.75) is 33.1 Å². The van der Waals surface area contributed by atoms with Crippen molar-refractivity contribution in [2.75, 3.05) is 13.2 Å². The minimum atomic E-state index is 0.482. The van der Waals surface area contributed by atoms with E-state index in [0.29, 0.717) is 23.7 Å². The van der Waals surface area contributed by atoms with Gasteiger partial charge in [-0.3, -0.25) is 5.10 Å². The number of benzene rings is 2. The third-order valence-electron chi connectivity index (χ3n) is 4.27. The molecular formula is C22H26N4O2S. The molecule has 0 fully saturated rings. The SMILES string of the molecule is CCCc1n[nH]c(=S)n1/N=C/c1ccc(OCCc2ccccc2)c(OCC)c1. The van der Waals surface area contributed by atoms with E-state index in [1.807, 2.05) is 43.3 Å². The van der Waals surface area contributed by atoms with E-state index >= 15 is 0 Å². The van der Waals surface area contributed by atoms with Crippen LogP contribution in [0.15, 0.2) is 53.6 Å². The molecule has 0 unspecified atom stereocenters. The molecule has 0 saturated heterocycles. The number of hydrogen-bond donors (Lipinski definition) is 1. The van der Waals surface area contributed by atoms with Gasteiger partial charge in [0.15, 0.2) is 17.3 Å². The van der Waals surface area contributed by atoms with Gasteiger partial charge in [-0.05, 0) is 54.9 Å². The number of aryl methyl sites for hydroxylation is 1. The third-order valence-corrected chi connectivity index (χ3v) is 4.54. The molecule has 0 bridgehead atoms. The van der Waals surface area contributed by atoms with E-state index in [1.165, 1.54) is 5.56 Å². The molecule has 0 radical (unpaired) electrons. The average Bonchev–Trinajstić information content (AvgIpc) is 3.08. The van der Waals surface area contributed by atoms with Crippen LogP contribution in [0.5, 0.6) is 11.5 Å². The molecule has 0 saturated carbocycles. The number of ether oxygens (including phenoxy) is 2. The van der Waals surface area contributed by atoms with Crippen LogP contribution in [0.4, 0.5) is 0 Å². The molecule has 6 nitrogen and oxygen atoms in total. The Balaban J connectivity index is 1.72. The van der Waals surface area contributed by atoms with Gasteiger partial charge >= 0.3 is 0 Å². The lowest BCUT2D eigenvalue weighted by atomic mass is 10.2. The van der Waals surface area contributed by atoms with Gasteiger partial charge in [-0.25, -0.2) is 0 Å². The monoisotopic (exact) mass is 410 g/mol. The number of nitrogens with zero attached hydrogens (tertiary/aromatic N) is 3. The fraction of sp³-hybridized carbons (Fsp3) is 0.318. The molecule has 0 spiro atoms. The molecule has 1 aromatic heterocycles. The van der Waals surface area contributed by atoms with Crippen LogP contribution in [0.25, 0.3) is 0 Å². The van der Waals surface area contributed by atoms with Crippen molar-refractivity contribution in [2.24, 2.45) is 5.10 Å². The van der Waals surface area contributed by atoms with Crippen molar-refractivity contribution in [3.05, 3.63) is 70.3 Å². The summed E-state index contributed by atoms with van der Waals surface area (Å²) in [4.78, 5) is 0. The van der Waals surface area contributed by atoms with Crippen molar-refractivity contribution >= 4 is 18.4 Å². The van der Waals surface area contributed by atoms with Crippen LogP contribution >= 0.6 is 12.2 Å². The molecule has 0 aliphatic carbocycles. The summed E-state index contributed by atoms with van der Waals surface area (Å²) in [5, 5.41) is 11.5. The zero-order chi connectivity index (χ0) is 20.5. The first-order valence-electron chi connectivity index (χ1n) is 9.85. The summed E-state index contributed by atoms with van der Waals surface area (Å²) in [7, 11) is 0. The molecule has 0 atom stereocenters. The minimum absolute atomic E-state index is 0.482. The van der Waals surface area contributed by atoms with Gasteiger partial charge in [0.1, 0.15) is 0 Å². The van der Waals surface area contributed by atoms with Crippen LogP contribution in [-0.4, -0.2) is 34.3 Å². The Hall–Kier alpha value is -2.93. The fourth-order valence-electron chi connectivity index (χ4n) is 2.87. The highest BCUT2D eigenvalue weighted by Gasteiger charge is 2.07. The summed E-state index contributed by atoms with van der Waals surface area (Å²) < 4.78 is 13.9. The molecule has 2 aromatic carbocycles. The van der Waals surface area contributed by atoms with E-state index in [1.54, 1.807) is 10.9 Å². The largest absolute Gasteiger partial charge is 0.490 e. The minimum Gasteiger partial charge on any atom is -0.490 e. The highest BCUT2D eigenvalue weighted by atomic mass is 32.1. The average molecular weight is 411 g/mol. The van der Waals surface area contributed by atoms with Crippen LogP contribution in [-0.2, 0) is 12.8 Å². The second-order valence-electron chi connectivity index (χ2n) is 6.47. The molecule has 29 heavy (non-hydrogen) atoms. The lowest BCUT2D eigenvalue weighted by Gasteiger charge is -2.12. The van der Waals surface area contributed by atoms with Gasteiger partial charge in [0.25, 0.3) is 0 Å². The van der Waals surface area contributed by atoms with Gasteiger partial charge in [-0.2, -0.15) is 14.9 Å². The summed E-state index contributed by atoms with van der Waals surface area (Å²) >= 11 is 5.27. The number of aromatic nitrogens is 3. The molecular weight excluding hydrogens is 384 g/mol. The summed E-state index contributed by atoms with van der Waals surface area (Å²) in [5.74, 6) is 2.25. The highest BCUT2D eigenvalue weighted by molar-refractivity contribution is 7.71. The maximum Gasteiger partial charge on any atom is 0.216 e. The van der Waals surface area contributed by atoms with E-state index < -0.39 is 0 Å². The van der Waals surface area contributed by atoms with E-state index in [2.05, 4.69) is 34.4 Å². The molecule has 3 rings (SSSR count). The predicted molar refractivity (Wildman–Crippen MR) is 118 cm³/mol. The second-order valence-corrected chi connectivity index (χ2v) is 6.86. The molecule has 1 heterocycles. The van der Waals surface area contributed by atoms with Crippen molar-refractivity contribution in [3.8, 4) is 11.5 Å². The Bertz CT molecular complexity index is 996. The number of H-pyrrole nitrogens is 1. The Morgan fingerprint density at radius 2 is 1.90 bits per heavy atom. The topological polar surface area (TPSA) is 64.4 Å².